The third kappa shape index (κ3) is 4.17. The van der Waals surface area contributed by atoms with Crippen LogP contribution in [0.25, 0.3) is 0 Å². The SMILES string of the molecule is CNS(=O)(=O)c1ccc(NC(=O)C2CC(=O)N(c3ccc(C)cc3)C2)cc1. The molecule has 27 heavy (non-hydrogen) atoms. The van der Waals surface area contributed by atoms with Crippen molar-refractivity contribution in [2.24, 2.45) is 5.92 Å². The van der Waals surface area contributed by atoms with Crippen LogP contribution in [0.4, 0.5) is 11.4 Å². The predicted octanol–water partition coefficient (Wildman–Crippen LogP) is 1.89. The molecule has 0 aliphatic carbocycles. The number of rotatable bonds is 5. The van der Waals surface area contributed by atoms with Crippen molar-refractivity contribution < 1.29 is 18.0 Å². The molecule has 1 heterocycles. The molecule has 1 aliphatic heterocycles. The molecule has 7 nitrogen and oxygen atoms in total. The summed E-state index contributed by atoms with van der Waals surface area (Å²) in [5.74, 6) is -0.809. The second kappa shape index (κ2) is 7.50. The lowest BCUT2D eigenvalue weighted by atomic mass is 10.1. The summed E-state index contributed by atoms with van der Waals surface area (Å²) in [7, 11) is -2.19. The first-order chi connectivity index (χ1) is 12.8. The number of aryl methyl sites for hydroxylation is 1. The summed E-state index contributed by atoms with van der Waals surface area (Å²) in [5.41, 5.74) is 2.36. The Labute approximate surface area is 158 Å². The van der Waals surface area contributed by atoms with Crippen LogP contribution in [-0.4, -0.2) is 33.8 Å². The lowest BCUT2D eigenvalue weighted by molar-refractivity contribution is -0.122. The third-order valence-corrected chi connectivity index (χ3v) is 5.97. The molecule has 1 unspecified atom stereocenters. The van der Waals surface area contributed by atoms with Crippen LogP contribution >= 0.6 is 0 Å². The van der Waals surface area contributed by atoms with Crippen molar-refractivity contribution in [1.29, 1.82) is 0 Å². The quantitative estimate of drug-likeness (QED) is 0.819. The van der Waals surface area contributed by atoms with Gasteiger partial charge in [-0.2, -0.15) is 0 Å². The molecule has 0 radical (unpaired) electrons. The van der Waals surface area contributed by atoms with Crippen molar-refractivity contribution in [2.75, 3.05) is 23.8 Å². The van der Waals surface area contributed by atoms with Crippen LogP contribution in [0.15, 0.2) is 53.4 Å². The van der Waals surface area contributed by atoms with Gasteiger partial charge in [0, 0.05) is 24.3 Å². The van der Waals surface area contributed by atoms with Crippen molar-refractivity contribution in [3.8, 4) is 0 Å². The Morgan fingerprint density at radius 2 is 1.70 bits per heavy atom. The van der Waals surface area contributed by atoms with E-state index in [0.29, 0.717) is 12.2 Å². The predicted molar refractivity (Wildman–Crippen MR) is 103 cm³/mol. The maximum atomic E-state index is 12.5. The van der Waals surface area contributed by atoms with E-state index in [1.165, 1.54) is 31.3 Å². The van der Waals surface area contributed by atoms with Crippen LogP contribution in [0.1, 0.15) is 12.0 Å². The fraction of sp³-hybridized carbons (Fsp3) is 0.263. The highest BCUT2D eigenvalue weighted by Crippen LogP contribution is 2.26. The minimum Gasteiger partial charge on any atom is -0.326 e. The summed E-state index contributed by atoms with van der Waals surface area (Å²) < 4.78 is 25.7. The molecule has 8 heteroatoms. The molecule has 0 aromatic heterocycles. The highest BCUT2D eigenvalue weighted by molar-refractivity contribution is 7.89. The first-order valence-electron chi connectivity index (χ1n) is 8.51. The lowest BCUT2D eigenvalue weighted by Crippen LogP contribution is -2.28. The molecule has 1 aliphatic rings. The maximum absolute atomic E-state index is 12.5. The number of carbonyl (C=O) groups excluding carboxylic acids is 2. The molecule has 1 fully saturated rings. The lowest BCUT2D eigenvalue weighted by Gasteiger charge is -2.17. The Bertz CT molecular complexity index is 953. The van der Waals surface area contributed by atoms with E-state index >= 15 is 0 Å². The Balaban J connectivity index is 1.66. The Morgan fingerprint density at radius 1 is 1.07 bits per heavy atom. The maximum Gasteiger partial charge on any atom is 0.240 e. The Morgan fingerprint density at radius 3 is 2.30 bits per heavy atom. The summed E-state index contributed by atoms with van der Waals surface area (Å²) in [5, 5.41) is 2.75. The van der Waals surface area contributed by atoms with Crippen LogP contribution in [0.3, 0.4) is 0 Å². The largest absolute Gasteiger partial charge is 0.326 e. The van der Waals surface area contributed by atoms with Gasteiger partial charge in [0.2, 0.25) is 21.8 Å². The van der Waals surface area contributed by atoms with Crippen molar-refractivity contribution >= 4 is 33.2 Å². The van der Waals surface area contributed by atoms with E-state index in [1.807, 2.05) is 31.2 Å². The van der Waals surface area contributed by atoms with E-state index in [2.05, 4.69) is 10.0 Å². The van der Waals surface area contributed by atoms with Crippen molar-refractivity contribution in [3.05, 3.63) is 54.1 Å². The van der Waals surface area contributed by atoms with Crippen LogP contribution in [0.5, 0.6) is 0 Å². The second-order valence-corrected chi connectivity index (χ2v) is 8.35. The summed E-state index contributed by atoms with van der Waals surface area (Å²) in [6, 6.07) is 13.5. The number of benzene rings is 2. The summed E-state index contributed by atoms with van der Waals surface area (Å²) in [6.07, 6.45) is 0.145. The fourth-order valence-corrected chi connectivity index (χ4v) is 3.67. The van der Waals surface area contributed by atoms with Gasteiger partial charge >= 0.3 is 0 Å². The van der Waals surface area contributed by atoms with Gasteiger partial charge in [0.05, 0.1) is 10.8 Å². The van der Waals surface area contributed by atoms with Gasteiger partial charge in [0.1, 0.15) is 0 Å². The van der Waals surface area contributed by atoms with Gasteiger partial charge in [0.25, 0.3) is 0 Å². The van der Waals surface area contributed by atoms with Crippen LogP contribution in [-0.2, 0) is 19.6 Å². The van der Waals surface area contributed by atoms with E-state index in [1.54, 1.807) is 4.90 Å². The number of carbonyl (C=O) groups is 2. The molecule has 0 bridgehead atoms. The molecule has 2 aromatic carbocycles. The van der Waals surface area contributed by atoms with Crippen molar-refractivity contribution in [2.45, 2.75) is 18.2 Å². The van der Waals surface area contributed by atoms with Gasteiger partial charge in [-0.25, -0.2) is 13.1 Å². The van der Waals surface area contributed by atoms with Gasteiger partial charge in [-0.3, -0.25) is 9.59 Å². The number of nitrogens with one attached hydrogen (secondary N) is 2. The zero-order valence-corrected chi connectivity index (χ0v) is 15.9. The Kier molecular flexibility index (Phi) is 5.29. The molecule has 2 N–H and O–H groups in total. The normalized spacial score (nSPS) is 17.2. The van der Waals surface area contributed by atoms with Gasteiger partial charge in [-0.15, -0.1) is 0 Å². The average molecular weight is 387 g/mol. The summed E-state index contributed by atoms with van der Waals surface area (Å²) in [4.78, 5) is 26.5. The van der Waals surface area contributed by atoms with Gasteiger partial charge in [0.15, 0.2) is 0 Å². The van der Waals surface area contributed by atoms with E-state index in [-0.39, 0.29) is 23.1 Å². The highest BCUT2D eigenvalue weighted by atomic mass is 32.2. The van der Waals surface area contributed by atoms with Crippen molar-refractivity contribution in [3.63, 3.8) is 0 Å². The van der Waals surface area contributed by atoms with Crippen LogP contribution in [0, 0.1) is 12.8 Å². The number of nitrogens with zero attached hydrogens (tertiary/aromatic N) is 1. The minimum atomic E-state index is -3.52. The monoisotopic (exact) mass is 387 g/mol. The number of hydrogen-bond donors (Lipinski definition) is 2. The number of hydrogen-bond acceptors (Lipinski definition) is 4. The number of amides is 2. The molecule has 0 saturated carbocycles. The summed E-state index contributed by atoms with van der Waals surface area (Å²) >= 11 is 0. The van der Waals surface area contributed by atoms with Crippen LogP contribution < -0.4 is 14.9 Å². The van der Waals surface area contributed by atoms with E-state index in [9.17, 15) is 18.0 Å². The smallest absolute Gasteiger partial charge is 0.240 e. The first kappa shape index (κ1) is 19.1. The van der Waals surface area contributed by atoms with Gasteiger partial charge < -0.3 is 10.2 Å². The average Bonchev–Trinajstić information content (AvgIpc) is 3.05. The topological polar surface area (TPSA) is 95.6 Å². The van der Waals surface area contributed by atoms with Crippen molar-refractivity contribution in [1.82, 2.24) is 4.72 Å². The summed E-state index contributed by atoms with van der Waals surface area (Å²) in [6.45, 7) is 2.29. The van der Waals surface area contributed by atoms with Gasteiger partial charge in [-0.1, -0.05) is 17.7 Å². The molecular weight excluding hydrogens is 366 g/mol. The van der Waals surface area contributed by atoms with E-state index in [4.69, 9.17) is 0 Å². The molecular formula is C19H21N3O4S. The highest BCUT2D eigenvalue weighted by Gasteiger charge is 2.35. The molecule has 142 valence electrons. The molecule has 0 spiro atoms. The van der Waals surface area contributed by atoms with Crippen LogP contribution in [0.2, 0.25) is 0 Å². The zero-order valence-electron chi connectivity index (χ0n) is 15.1. The fourth-order valence-electron chi connectivity index (χ4n) is 2.94. The molecule has 2 aromatic rings. The molecule has 3 rings (SSSR count). The standard InChI is InChI=1S/C19H21N3O4S/c1-13-3-7-16(8-4-13)22-12-14(11-18(22)23)19(24)21-15-5-9-17(10-6-15)27(25,26)20-2/h3-10,14,20H,11-12H2,1-2H3,(H,21,24). The zero-order chi connectivity index (χ0) is 19.6. The third-order valence-electron chi connectivity index (χ3n) is 4.54. The van der Waals surface area contributed by atoms with Gasteiger partial charge in [-0.05, 0) is 50.4 Å². The molecule has 1 saturated heterocycles. The molecule has 2 amide bonds. The second-order valence-electron chi connectivity index (χ2n) is 6.46. The minimum absolute atomic E-state index is 0.0885. The van der Waals surface area contributed by atoms with E-state index < -0.39 is 15.9 Å². The molecule has 1 atom stereocenters. The Hall–Kier alpha value is -2.71. The van der Waals surface area contributed by atoms with E-state index in [0.717, 1.165) is 11.3 Å². The first-order valence-corrected chi connectivity index (χ1v) is 10.00. The number of anilines is 2. The number of sulfonamides is 1.